The van der Waals surface area contributed by atoms with Gasteiger partial charge in [-0.25, -0.2) is 5.43 Å². The molecule has 19 heavy (non-hydrogen) atoms. The summed E-state index contributed by atoms with van der Waals surface area (Å²) >= 11 is 5.72. The smallest absolute Gasteiger partial charge is 0.275 e. The molecule has 1 aliphatic carbocycles. The van der Waals surface area contributed by atoms with E-state index in [1.54, 1.807) is 6.07 Å². The second kappa shape index (κ2) is 6.06. The van der Waals surface area contributed by atoms with Crippen LogP contribution in [0.5, 0.6) is 5.75 Å². The number of rotatable bonds is 2. The third-order valence-electron chi connectivity index (χ3n) is 3.27. The predicted octanol–water partition coefficient (Wildman–Crippen LogP) is 3.34. The van der Waals surface area contributed by atoms with Gasteiger partial charge in [-0.2, -0.15) is 5.10 Å². The van der Waals surface area contributed by atoms with E-state index < -0.39 is 5.91 Å². The van der Waals surface area contributed by atoms with E-state index in [2.05, 4.69) is 17.5 Å². The quantitative estimate of drug-likeness (QED) is 0.816. The fourth-order valence-corrected chi connectivity index (χ4v) is 2.42. The summed E-state index contributed by atoms with van der Waals surface area (Å²) in [4.78, 5) is 11.9. The number of aromatic hydroxyl groups is 1. The van der Waals surface area contributed by atoms with Crippen LogP contribution in [0.3, 0.4) is 0 Å². The number of amides is 1. The Kier molecular flexibility index (Phi) is 4.43. The fraction of sp³-hybridized carbons (Fsp3) is 0.429. The number of nitrogens with zero attached hydrogens (tertiary/aromatic N) is 1. The predicted molar refractivity (Wildman–Crippen MR) is 75.7 cm³/mol. The number of benzene rings is 1. The highest BCUT2D eigenvalue weighted by atomic mass is 35.5. The maximum atomic E-state index is 11.9. The molecule has 1 fully saturated rings. The Morgan fingerprint density at radius 1 is 1.53 bits per heavy atom. The van der Waals surface area contributed by atoms with Gasteiger partial charge in [0.25, 0.3) is 5.91 Å². The first-order valence-electron chi connectivity index (χ1n) is 6.40. The van der Waals surface area contributed by atoms with Crippen LogP contribution in [0.1, 0.15) is 43.0 Å². The van der Waals surface area contributed by atoms with E-state index in [1.807, 2.05) is 0 Å². The van der Waals surface area contributed by atoms with Gasteiger partial charge in [-0.05, 0) is 49.8 Å². The largest absolute Gasteiger partial charge is 0.507 e. The molecule has 2 rings (SSSR count). The first-order valence-corrected chi connectivity index (χ1v) is 6.78. The van der Waals surface area contributed by atoms with Crippen LogP contribution < -0.4 is 5.43 Å². The lowest BCUT2D eigenvalue weighted by Gasteiger charge is -2.18. The molecule has 1 unspecified atom stereocenters. The minimum atomic E-state index is -0.417. The molecule has 0 aromatic heterocycles. The molecule has 102 valence electrons. The lowest BCUT2D eigenvalue weighted by molar-refractivity contribution is 0.0952. The second-order valence-electron chi connectivity index (χ2n) is 4.98. The number of hydrogen-bond donors (Lipinski definition) is 2. The molecule has 1 aromatic rings. The monoisotopic (exact) mass is 280 g/mol. The zero-order chi connectivity index (χ0) is 13.8. The average molecular weight is 281 g/mol. The van der Waals surface area contributed by atoms with Gasteiger partial charge in [0.1, 0.15) is 5.75 Å². The summed E-state index contributed by atoms with van der Waals surface area (Å²) in [6.45, 7) is 2.18. The van der Waals surface area contributed by atoms with Crippen LogP contribution in [0.4, 0.5) is 0 Å². The highest BCUT2D eigenvalue weighted by molar-refractivity contribution is 6.30. The zero-order valence-corrected chi connectivity index (χ0v) is 11.6. The fourth-order valence-electron chi connectivity index (χ4n) is 2.25. The van der Waals surface area contributed by atoms with Crippen molar-refractivity contribution < 1.29 is 9.90 Å². The van der Waals surface area contributed by atoms with E-state index in [1.165, 1.54) is 18.6 Å². The molecule has 0 heterocycles. The third kappa shape index (κ3) is 3.70. The van der Waals surface area contributed by atoms with Crippen molar-refractivity contribution in [3.05, 3.63) is 28.8 Å². The first kappa shape index (κ1) is 13.9. The number of phenols is 1. The molecule has 1 atom stereocenters. The van der Waals surface area contributed by atoms with Crippen molar-refractivity contribution in [3.8, 4) is 5.75 Å². The van der Waals surface area contributed by atoms with Gasteiger partial charge in [0, 0.05) is 10.7 Å². The van der Waals surface area contributed by atoms with Crippen LogP contribution in [-0.4, -0.2) is 16.7 Å². The molecule has 0 aliphatic heterocycles. The summed E-state index contributed by atoms with van der Waals surface area (Å²) in [6.07, 6.45) is 4.18. The van der Waals surface area contributed by atoms with Gasteiger partial charge >= 0.3 is 0 Å². The summed E-state index contributed by atoms with van der Waals surface area (Å²) in [6, 6.07) is 4.38. The van der Waals surface area contributed by atoms with E-state index in [4.69, 9.17) is 11.6 Å². The van der Waals surface area contributed by atoms with Crippen molar-refractivity contribution in [1.82, 2.24) is 5.43 Å². The average Bonchev–Trinajstić information content (AvgIpc) is 2.36. The molecule has 0 bridgehead atoms. The highest BCUT2D eigenvalue weighted by Crippen LogP contribution is 2.23. The molecule has 2 N–H and O–H groups in total. The summed E-state index contributed by atoms with van der Waals surface area (Å²) in [5.41, 5.74) is 3.69. The Bertz CT molecular complexity index is 514. The van der Waals surface area contributed by atoms with Crippen molar-refractivity contribution in [2.45, 2.75) is 32.6 Å². The topological polar surface area (TPSA) is 61.7 Å². The van der Waals surface area contributed by atoms with Crippen LogP contribution in [0.25, 0.3) is 0 Å². The molecular weight excluding hydrogens is 264 g/mol. The second-order valence-corrected chi connectivity index (χ2v) is 5.42. The molecule has 0 saturated heterocycles. The SMILES string of the molecule is CC1CCC/C(=N/NC(=O)c2ccc(Cl)cc2O)C1. The van der Waals surface area contributed by atoms with Crippen molar-refractivity contribution in [2.75, 3.05) is 0 Å². The van der Waals surface area contributed by atoms with Crippen LogP contribution in [-0.2, 0) is 0 Å². The van der Waals surface area contributed by atoms with Gasteiger partial charge in [-0.15, -0.1) is 0 Å². The first-order chi connectivity index (χ1) is 9.06. The van der Waals surface area contributed by atoms with Crippen LogP contribution >= 0.6 is 11.6 Å². The van der Waals surface area contributed by atoms with Gasteiger partial charge in [0.2, 0.25) is 0 Å². The Morgan fingerprint density at radius 2 is 2.32 bits per heavy atom. The lowest BCUT2D eigenvalue weighted by Crippen LogP contribution is -2.22. The minimum Gasteiger partial charge on any atom is -0.507 e. The Morgan fingerprint density at radius 3 is 3.00 bits per heavy atom. The van der Waals surface area contributed by atoms with Crippen molar-refractivity contribution in [3.63, 3.8) is 0 Å². The number of phenolic OH excluding ortho intramolecular Hbond substituents is 1. The maximum absolute atomic E-state index is 11.9. The normalized spacial score (nSPS) is 21.4. The third-order valence-corrected chi connectivity index (χ3v) is 3.50. The van der Waals surface area contributed by atoms with Crippen LogP contribution in [0, 0.1) is 5.92 Å². The Balaban J connectivity index is 2.03. The van der Waals surface area contributed by atoms with Crippen molar-refractivity contribution in [1.29, 1.82) is 0 Å². The van der Waals surface area contributed by atoms with E-state index in [0.29, 0.717) is 10.9 Å². The standard InChI is InChI=1S/C14H17ClN2O2/c1-9-3-2-4-11(7-9)16-17-14(19)12-6-5-10(15)8-13(12)18/h5-6,8-9,18H,2-4,7H2,1H3,(H,17,19)/b16-11-. The van der Waals surface area contributed by atoms with Crippen molar-refractivity contribution in [2.24, 2.45) is 11.0 Å². The highest BCUT2D eigenvalue weighted by Gasteiger charge is 2.15. The van der Waals surface area contributed by atoms with Gasteiger partial charge in [-0.1, -0.05) is 18.5 Å². The van der Waals surface area contributed by atoms with Gasteiger partial charge < -0.3 is 5.11 Å². The Labute approximate surface area is 117 Å². The summed E-state index contributed by atoms with van der Waals surface area (Å²) in [5.74, 6) is 0.0652. The number of hydrogen-bond acceptors (Lipinski definition) is 3. The van der Waals surface area contributed by atoms with Gasteiger partial charge in [-0.3, -0.25) is 4.79 Å². The molecule has 1 aromatic carbocycles. The van der Waals surface area contributed by atoms with E-state index in [9.17, 15) is 9.90 Å². The van der Waals surface area contributed by atoms with Crippen molar-refractivity contribution >= 4 is 23.2 Å². The van der Waals surface area contributed by atoms with E-state index >= 15 is 0 Å². The molecule has 1 aliphatic rings. The van der Waals surface area contributed by atoms with E-state index in [-0.39, 0.29) is 11.3 Å². The molecule has 0 radical (unpaired) electrons. The van der Waals surface area contributed by atoms with E-state index in [0.717, 1.165) is 25.0 Å². The number of halogens is 1. The Hall–Kier alpha value is -1.55. The molecular formula is C14H17ClN2O2. The maximum Gasteiger partial charge on any atom is 0.275 e. The molecule has 0 spiro atoms. The summed E-state index contributed by atoms with van der Waals surface area (Å²) < 4.78 is 0. The summed E-state index contributed by atoms with van der Waals surface area (Å²) in [5, 5.41) is 14.2. The summed E-state index contributed by atoms with van der Waals surface area (Å²) in [7, 11) is 0. The number of nitrogens with one attached hydrogen (secondary N) is 1. The molecule has 1 saturated carbocycles. The number of hydrazone groups is 1. The molecule has 1 amide bonds. The van der Waals surface area contributed by atoms with Crippen LogP contribution in [0.2, 0.25) is 5.02 Å². The number of carbonyl (C=O) groups excluding carboxylic acids is 1. The zero-order valence-electron chi connectivity index (χ0n) is 10.8. The van der Waals surface area contributed by atoms with Gasteiger partial charge in [0.05, 0.1) is 5.56 Å². The van der Waals surface area contributed by atoms with Crippen LogP contribution in [0.15, 0.2) is 23.3 Å². The minimum absolute atomic E-state index is 0.137. The number of carbonyl (C=O) groups is 1. The van der Waals surface area contributed by atoms with Gasteiger partial charge in [0.15, 0.2) is 0 Å². The molecule has 5 heteroatoms. The lowest BCUT2D eigenvalue weighted by atomic mass is 9.89. The molecule has 4 nitrogen and oxygen atoms in total.